The predicted molar refractivity (Wildman–Crippen MR) is 65.1 cm³/mol. The quantitative estimate of drug-likeness (QED) is 0.474. The van der Waals surface area contributed by atoms with Gasteiger partial charge in [0.25, 0.3) is 0 Å². The molecule has 1 rings (SSSR count). The lowest BCUT2D eigenvalue weighted by atomic mass is 10.0. The van der Waals surface area contributed by atoms with Crippen molar-refractivity contribution in [3.63, 3.8) is 0 Å². The summed E-state index contributed by atoms with van der Waals surface area (Å²) >= 11 is 0. The molecule has 0 aromatic carbocycles. The minimum atomic E-state index is 0.827. The number of allylic oxidation sites excluding steroid dienone is 1. The van der Waals surface area contributed by atoms with Crippen LogP contribution in [0.1, 0.15) is 32.6 Å². The standard InChI is InChI=1S/C13H25NO/c1-3-4-5-6-7-13(2)12-14-8-10-15-11-9-14/h3,13H,1,4-12H2,2H3. The van der Waals surface area contributed by atoms with Crippen LogP contribution in [0.15, 0.2) is 12.7 Å². The van der Waals surface area contributed by atoms with Crippen molar-refractivity contribution in [2.24, 2.45) is 5.92 Å². The van der Waals surface area contributed by atoms with Crippen LogP contribution in [-0.4, -0.2) is 37.7 Å². The van der Waals surface area contributed by atoms with Gasteiger partial charge in [0.2, 0.25) is 0 Å². The van der Waals surface area contributed by atoms with Crippen molar-refractivity contribution < 1.29 is 4.74 Å². The highest BCUT2D eigenvalue weighted by Gasteiger charge is 2.12. The van der Waals surface area contributed by atoms with Crippen LogP contribution in [0.25, 0.3) is 0 Å². The van der Waals surface area contributed by atoms with Gasteiger partial charge in [0.15, 0.2) is 0 Å². The summed E-state index contributed by atoms with van der Waals surface area (Å²) < 4.78 is 5.34. The zero-order chi connectivity index (χ0) is 10.9. The van der Waals surface area contributed by atoms with Gasteiger partial charge < -0.3 is 4.74 Å². The average Bonchev–Trinajstić information content (AvgIpc) is 2.26. The molecule has 0 amide bonds. The molecule has 15 heavy (non-hydrogen) atoms. The molecule has 1 heterocycles. The third kappa shape index (κ3) is 5.95. The fourth-order valence-corrected chi connectivity index (χ4v) is 2.10. The fourth-order valence-electron chi connectivity index (χ4n) is 2.10. The van der Waals surface area contributed by atoms with Crippen LogP contribution in [0.4, 0.5) is 0 Å². The molecular weight excluding hydrogens is 186 g/mol. The van der Waals surface area contributed by atoms with Crippen molar-refractivity contribution in [1.82, 2.24) is 4.90 Å². The molecule has 0 radical (unpaired) electrons. The first-order chi connectivity index (χ1) is 7.33. The van der Waals surface area contributed by atoms with Crippen molar-refractivity contribution in [1.29, 1.82) is 0 Å². The zero-order valence-corrected chi connectivity index (χ0v) is 10.1. The van der Waals surface area contributed by atoms with Crippen molar-refractivity contribution in [2.45, 2.75) is 32.6 Å². The first kappa shape index (κ1) is 12.7. The SMILES string of the molecule is C=CCCCCC(C)CN1CCOCC1. The second kappa shape index (κ2) is 7.89. The van der Waals surface area contributed by atoms with Crippen LogP contribution >= 0.6 is 0 Å². The van der Waals surface area contributed by atoms with Gasteiger partial charge in [-0.1, -0.05) is 19.4 Å². The molecular formula is C13H25NO. The Morgan fingerprint density at radius 1 is 1.33 bits per heavy atom. The van der Waals surface area contributed by atoms with Gasteiger partial charge in [0.1, 0.15) is 0 Å². The summed E-state index contributed by atoms with van der Waals surface area (Å²) in [6.07, 6.45) is 7.19. The van der Waals surface area contributed by atoms with E-state index in [9.17, 15) is 0 Å². The monoisotopic (exact) mass is 211 g/mol. The summed E-state index contributed by atoms with van der Waals surface area (Å²) in [5.74, 6) is 0.827. The van der Waals surface area contributed by atoms with Gasteiger partial charge in [-0.2, -0.15) is 0 Å². The summed E-state index contributed by atoms with van der Waals surface area (Å²) in [6.45, 7) is 11.4. The Kier molecular flexibility index (Phi) is 6.69. The smallest absolute Gasteiger partial charge is 0.0594 e. The Hall–Kier alpha value is -0.340. The molecule has 2 nitrogen and oxygen atoms in total. The molecule has 0 aromatic rings. The lowest BCUT2D eigenvalue weighted by molar-refractivity contribution is 0.0311. The van der Waals surface area contributed by atoms with E-state index in [1.165, 1.54) is 32.2 Å². The maximum absolute atomic E-state index is 5.34. The maximum Gasteiger partial charge on any atom is 0.0594 e. The Labute approximate surface area is 94.3 Å². The van der Waals surface area contributed by atoms with E-state index in [0.29, 0.717) is 0 Å². The van der Waals surface area contributed by atoms with E-state index in [2.05, 4.69) is 18.4 Å². The van der Waals surface area contributed by atoms with E-state index >= 15 is 0 Å². The molecule has 1 unspecified atom stereocenters. The number of nitrogens with zero attached hydrogens (tertiary/aromatic N) is 1. The molecule has 0 aromatic heterocycles. The minimum absolute atomic E-state index is 0.827. The van der Waals surface area contributed by atoms with Crippen LogP contribution in [0, 0.1) is 5.92 Å². The van der Waals surface area contributed by atoms with Gasteiger partial charge in [0.05, 0.1) is 13.2 Å². The molecule has 2 heteroatoms. The zero-order valence-electron chi connectivity index (χ0n) is 10.1. The number of hydrogen-bond donors (Lipinski definition) is 0. The first-order valence-corrected chi connectivity index (χ1v) is 6.24. The van der Waals surface area contributed by atoms with Crippen molar-refractivity contribution in [2.75, 3.05) is 32.8 Å². The Balaban J connectivity index is 2.01. The number of ether oxygens (including phenoxy) is 1. The molecule has 1 aliphatic heterocycles. The molecule has 1 aliphatic rings. The Bertz CT molecular complexity index is 164. The van der Waals surface area contributed by atoms with E-state index in [1.54, 1.807) is 0 Å². The lowest BCUT2D eigenvalue weighted by Crippen LogP contribution is -2.38. The normalized spacial score (nSPS) is 20.1. The number of rotatable bonds is 7. The highest BCUT2D eigenvalue weighted by atomic mass is 16.5. The first-order valence-electron chi connectivity index (χ1n) is 6.24. The van der Waals surface area contributed by atoms with Crippen molar-refractivity contribution >= 4 is 0 Å². The van der Waals surface area contributed by atoms with Crippen LogP contribution in [0.2, 0.25) is 0 Å². The van der Waals surface area contributed by atoms with Crippen LogP contribution in [0.5, 0.6) is 0 Å². The molecule has 88 valence electrons. The average molecular weight is 211 g/mol. The van der Waals surface area contributed by atoms with Gasteiger partial charge >= 0.3 is 0 Å². The summed E-state index contributed by atoms with van der Waals surface area (Å²) in [5, 5.41) is 0. The van der Waals surface area contributed by atoms with Gasteiger partial charge in [-0.3, -0.25) is 4.90 Å². The minimum Gasteiger partial charge on any atom is -0.379 e. The summed E-state index contributed by atoms with van der Waals surface area (Å²) in [4.78, 5) is 2.53. The Morgan fingerprint density at radius 2 is 2.07 bits per heavy atom. The predicted octanol–water partition coefficient (Wildman–Crippen LogP) is 2.70. The van der Waals surface area contributed by atoms with Gasteiger partial charge in [-0.05, 0) is 25.2 Å². The molecule has 1 fully saturated rings. The number of unbranched alkanes of at least 4 members (excludes halogenated alkanes) is 2. The van der Waals surface area contributed by atoms with E-state index in [4.69, 9.17) is 4.74 Å². The highest BCUT2D eigenvalue weighted by Crippen LogP contribution is 2.12. The van der Waals surface area contributed by atoms with E-state index in [1.807, 2.05) is 6.08 Å². The number of hydrogen-bond acceptors (Lipinski definition) is 2. The third-order valence-corrected chi connectivity index (χ3v) is 3.03. The van der Waals surface area contributed by atoms with Crippen LogP contribution < -0.4 is 0 Å². The van der Waals surface area contributed by atoms with Gasteiger partial charge in [0, 0.05) is 19.6 Å². The summed E-state index contributed by atoms with van der Waals surface area (Å²) in [6, 6.07) is 0. The second-order valence-electron chi connectivity index (χ2n) is 4.59. The van der Waals surface area contributed by atoms with E-state index in [0.717, 1.165) is 32.2 Å². The number of morpholine rings is 1. The topological polar surface area (TPSA) is 12.5 Å². The summed E-state index contributed by atoms with van der Waals surface area (Å²) in [7, 11) is 0. The van der Waals surface area contributed by atoms with Crippen LogP contribution in [0.3, 0.4) is 0 Å². The van der Waals surface area contributed by atoms with Crippen molar-refractivity contribution in [3.8, 4) is 0 Å². The van der Waals surface area contributed by atoms with Crippen LogP contribution in [-0.2, 0) is 4.74 Å². The molecule has 0 spiro atoms. The molecule has 1 saturated heterocycles. The molecule has 0 aliphatic carbocycles. The lowest BCUT2D eigenvalue weighted by Gasteiger charge is -2.29. The van der Waals surface area contributed by atoms with Gasteiger partial charge in [-0.15, -0.1) is 6.58 Å². The fraction of sp³-hybridized carbons (Fsp3) is 0.846. The van der Waals surface area contributed by atoms with E-state index in [-0.39, 0.29) is 0 Å². The highest BCUT2D eigenvalue weighted by molar-refractivity contribution is 4.68. The van der Waals surface area contributed by atoms with Crippen molar-refractivity contribution in [3.05, 3.63) is 12.7 Å². The molecule has 0 bridgehead atoms. The van der Waals surface area contributed by atoms with Gasteiger partial charge in [-0.25, -0.2) is 0 Å². The second-order valence-corrected chi connectivity index (χ2v) is 4.59. The molecule has 0 N–H and O–H groups in total. The Morgan fingerprint density at radius 3 is 2.73 bits per heavy atom. The maximum atomic E-state index is 5.34. The summed E-state index contributed by atoms with van der Waals surface area (Å²) in [5.41, 5.74) is 0. The largest absolute Gasteiger partial charge is 0.379 e. The third-order valence-electron chi connectivity index (χ3n) is 3.03. The van der Waals surface area contributed by atoms with E-state index < -0.39 is 0 Å². The molecule has 1 atom stereocenters. The molecule has 0 saturated carbocycles.